The molecule has 1 unspecified atom stereocenters. The molecule has 64 heavy (non-hydrogen) atoms. The Morgan fingerprint density at radius 2 is 1.12 bits per heavy atom. The molecule has 1 aliphatic heterocycles. The molecular formula is C54H108NO8P. The molecule has 9 nitrogen and oxygen atoms in total. The third kappa shape index (κ3) is 32.8. The van der Waals surface area contributed by atoms with Crippen LogP contribution in [0.3, 0.4) is 0 Å². The van der Waals surface area contributed by atoms with Crippen LogP contribution < -0.4 is 5.32 Å². The zero-order valence-corrected chi connectivity index (χ0v) is 39.3. The molecule has 1 rings (SSSR count). The molecule has 0 bridgehead atoms. The van der Waals surface area contributed by atoms with Gasteiger partial charge in [0.05, 0.1) is 38.1 Å². The Kier molecular flexibility index (Phi) is 32.2. The van der Waals surface area contributed by atoms with Gasteiger partial charge in [0.15, 0.2) is 5.79 Å². The van der Waals surface area contributed by atoms with E-state index in [-0.39, 0.29) is 60.2 Å². The first-order valence-electron chi connectivity index (χ1n) is 21.6. The van der Waals surface area contributed by atoms with Gasteiger partial charge in [-0.25, -0.2) is 0 Å². The van der Waals surface area contributed by atoms with E-state index in [9.17, 15) is 14.5 Å². The van der Waals surface area contributed by atoms with E-state index in [1.54, 1.807) is 20.8 Å². The lowest BCUT2D eigenvalue weighted by molar-refractivity contribution is -0.141. The van der Waals surface area contributed by atoms with Crippen LogP contribution in [0.4, 0.5) is 0 Å². The van der Waals surface area contributed by atoms with Gasteiger partial charge < -0.3 is 33.7 Å². The fourth-order valence-electron chi connectivity index (χ4n) is 5.64. The Hall–Kier alpha value is -5.82. The summed E-state index contributed by atoms with van der Waals surface area (Å²) in [7, 11) is -3.64. The predicted molar refractivity (Wildman–Crippen MR) is 304 cm³/mol. The number of hydrogen-bond donors (Lipinski definition) is 2. The molecule has 2 N–H and O–H groups in total. The van der Waals surface area contributed by atoms with E-state index in [1.807, 2.05) is 13.8 Å². The van der Waals surface area contributed by atoms with Gasteiger partial charge in [-0.2, -0.15) is 0 Å². The number of ether oxygens (including phenoxy) is 3. The number of amides is 1. The monoisotopic (exact) mass is 930 g/mol. The zero-order valence-electron chi connectivity index (χ0n) is 38.5. The topological polar surface area (TPSA) is 113 Å². The van der Waals surface area contributed by atoms with Crippen LogP contribution in [-0.2, 0) is 32.6 Å². The van der Waals surface area contributed by atoms with Crippen molar-refractivity contribution in [3.8, 4) is 142 Å². The summed E-state index contributed by atoms with van der Waals surface area (Å²) in [5, 5.41) is 14.2. The summed E-state index contributed by atoms with van der Waals surface area (Å²) < 4.78 is 42.2. The molecule has 0 aromatic carbocycles. The lowest BCUT2D eigenvalue weighted by Crippen LogP contribution is -2.52. The number of aliphatic hydroxyl groups is 1. The third-order valence-electron chi connectivity index (χ3n) is 8.54. The van der Waals surface area contributed by atoms with E-state index >= 15 is 0 Å². The van der Waals surface area contributed by atoms with Crippen molar-refractivity contribution in [3.63, 3.8) is 0 Å². The van der Waals surface area contributed by atoms with Crippen LogP contribution >= 0.6 is 7.60 Å². The second kappa shape index (κ2) is 36.6. The highest BCUT2D eigenvalue weighted by Crippen LogP contribution is 2.44. The SMILES string of the molecule is CC#CC#CC#CC#CC#CC#CC#CC#CC#CC#CC#CC#CC(=O)N[C@@H](COP(C)(=O)OC[C@H]1COC(C)(C)O1)[C@H](OC(C)C)[C@H](O)CCCCCCCCCCCCCC.[HH].[HH].[HH].[HH].[HH].[HH].[HH].[HH].[HH].[HH].[HH].[HH].[HH].[HH].[HH].[HH].[HH].[HH].[HH].[HH].[HH].[HH].[HH].[HH]. The molecule has 1 aliphatic rings. The Morgan fingerprint density at radius 3 is 1.53 bits per heavy atom. The second-order valence-electron chi connectivity index (χ2n) is 14.9. The minimum Gasteiger partial charge on any atom is -0.390 e. The van der Waals surface area contributed by atoms with Crippen molar-refractivity contribution in [2.45, 2.75) is 161 Å². The van der Waals surface area contributed by atoms with Gasteiger partial charge in [0, 0.05) is 82.3 Å². The maximum Gasteiger partial charge on any atom is 0.327 e. The smallest absolute Gasteiger partial charge is 0.327 e. The van der Waals surface area contributed by atoms with Crippen LogP contribution in [0.15, 0.2) is 0 Å². The maximum absolute atomic E-state index is 13.4. The molecule has 1 amide bonds. The normalized spacial score (nSPS) is 14.5. The molecular weight excluding hydrogens is 822 g/mol. The molecule has 0 spiro atoms. The fourth-order valence-corrected chi connectivity index (χ4v) is 6.58. The van der Waals surface area contributed by atoms with Crippen molar-refractivity contribution in [1.29, 1.82) is 0 Å². The van der Waals surface area contributed by atoms with Crippen molar-refractivity contribution in [2.24, 2.45) is 0 Å². The van der Waals surface area contributed by atoms with E-state index in [1.165, 1.54) is 58.0 Å². The Morgan fingerprint density at radius 1 is 0.703 bits per heavy atom. The lowest BCUT2D eigenvalue weighted by Gasteiger charge is -2.33. The van der Waals surface area contributed by atoms with E-state index < -0.39 is 43.6 Å². The van der Waals surface area contributed by atoms with Crippen LogP contribution in [0, 0.1) is 142 Å². The molecule has 5 atom stereocenters. The number of carbonyl (C=O) groups is 1. The molecule has 0 aliphatic carbocycles. The van der Waals surface area contributed by atoms with Crippen LogP contribution in [0.1, 0.15) is 159 Å². The zero-order chi connectivity index (χ0) is 47.0. The summed E-state index contributed by atoms with van der Waals surface area (Å²) in [4.78, 5) is 13.0. The van der Waals surface area contributed by atoms with Crippen molar-refractivity contribution in [3.05, 3.63) is 0 Å². The summed E-state index contributed by atoms with van der Waals surface area (Å²) >= 11 is 0. The van der Waals surface area contributed by atoms with Gasteiger partial charge >= 0.3 is 7.60 Å². The van der Waals surface area contributed by atoms with Gasteiger partial charge in [-0.05, 0) is 136 Å². The minimum atomic E-state index is -3.64. The van der Waals surface area contributed by atoms with Gasteiger partial charge in [-0.15, -0.1) is 0 Å². The number of rotatable bonds is 24. The summed E-state index contributed by atoms with van der Waals surface area (Å²) in [5.41, 5.74) is 0. The number of aliphatic hydroxyl groups excluding tert-OH is 1. The number of nitrogens with one attached hydrogen (secondary N) is 1. The first kappa shape index (κ1) is 56.2. The molecule has 1 saturated heterocycles. The van der Waals surface area contributed by atoms with Crippen molar-refractivity contribution in [2.75, 3.05) is 26.5 Å². The highest BCUT2D eigenvalue weighted by Gasteiger charge is 2.36. The van der Waals surface area contributed by atoms with Crippen LogP contribution in [0.2, 0.25) is 0 Å². The van der Waals surface area contributed by atoms with Crippen molar-refractivity contribution in [1.82, 2.24) is 5.32 Å². The van der Waals surface area contributed by atoms with Crippen LogP contribution in [-0.4, -0.2) is 73.7 Å². The van der Waals surface area contributed by atoms with Crippen LogP contribution in [0.25, 0.3) is 0 Å². The summed E-state index contributed by atoms with van der Waals surface area (Å²) in [6.07, 6.45) is 12.2. The standard InChI is InChI=1S/C54H60NO8P.24H2/c1-8-10-12-14-16-18-20-22-23-24-25-26-27-28-29-30-31-32-34-36-38-40-42-44-52(57)55-50(47-61-64(7,58)60-46-49-45-59-54(5,6)63-49)53(62-48(3)4)51(56)43-41-39-37-35-33-21-19-17-15-13-11-9-2;;;;;;;;;;;;;;;;;;;;;;;;/h48-51,53,56H,9,11,13,15,17,19,21,33,35,37,39,41,43,45-47H2,1-7H3,(H,55,57);24*1H/t49-,50+,51-,53+,64?;;;;;;;;;;;;;;;;;;;;;;;;/m1......................../s1. The minimum absolute atomic E-state index is 0. The second-order valence-corrected chi connectivity index (χ2v) is 17.0. The molecule has 1 fully saturated rings. The van der Waals surface area contributed by atoms with Gasteiger partial charge in [0.25, 0.3) is 5.91 Å². The summed E-state index contributed by atoms with van der Waals surface area (Å²) in [6, 6.07) is -0.934. The maximum atomic E-state index is 13.4. The predicted octanol–water partition coefficient (Wildman–Crippen LogP) is 12.7. The Bertz CT molecular complexity index is 2400. The third-order valence-corrected chi connectivity index (χ3v) is 9.78. The van der Waals surface area contributed by atoms with E-state index in [0.29, 0.717) is 6.42 Å². The Balaban J connectivity index is -0.0000000776. The molecule has 0 aromatic rings. The molecule has 0 radical (unpaired) electrons. The molecule has 0 aromatic heterocycles. The quantitative estimate of drug-likeness (QED) is 0.0559. The van der Waals surface area contributed by atoms with E-state index in [2.05, 4.69) is 154 Å². The number of hydrogen-bond acceptors (Lipinski definition) is 8. The van der Waals surface area contributed by atoms with Gasteiger partial charge in [-0.1, -0.05) is 89.9 Å². The van der Waals surface area contributed by atoms with Crippen molar-refractivity contribution >= 4 is 13.5 Å². The fraction of sp³-hybridized carbons (Fsp3) is 0.537. The highest BCUT2D eigenvalue weighted by atomic mass is 31.2. The number of carbonyl (C=O) groups excluding carboxylic acids is 1. The molecule has 1 heterocycles. The van der Waals surface area contributed by atoms with Crippen molar-refractivity contribution < 1.29 is 72.0 Å². The van der Waals surface area contributed by atoms with Gasteiger partial charge in [0.2, 0.25) is 0 Å². The Labute approximate surface area is 420 Å². The molecule has 382 valence electrons. The number of unbranched alkanes of at least 4 members (excludes halogenated alkanes) is 11. The highest BCUT2D eigenvalue weighted by molar-refractivity contribution is 7.52. The first-order valence-corrected chi connectivity index (χ1v) is 23.6. The average molecular weight is 930 g/mol. The van der Waals surface area contributed by atoms with E-state index in [4.69, 9.17) is 23.3 Å². The molecule has 10 heteroatoms. The summed E-state index contributed by atoms with van der Waals surface area (Å²) in [5.74, 6) is 58.9. The molecule has 0 saturated carbocycles. The first-order chi connectivity index (χ1) is 30.9. The average Bonchev–Trinajstić information content (AvgIpc) is 3.62. The summed E-state index contributed by atoms with van der Waals surface area (Å²) in [6.45, 7) is 12.5. The largest absolute Gasteiger partial charge is 0.390 e. The van der Waals surface area contributed by atoms with E-state index in [0.717, 1.165) is 25.7 Å². The van der Waals surface area contributed by atoms with Crippen LogP contribution in [0.5, 0.6) is 0 Å². The lowest BCUT2D eigenvalue weighted by atomic mass is 9.99. The van der Waals surface area contributed by atoms with Gasteiger partial charge in [-0.3, -0.25) is 9.36 Å². The van der Waals surface area contributed by atoms with Gasteiger partial charge in [0.1, 0.15) is 12.2 Å².